The van der Waals surface area contributed by atoms with Gasteiger partial charge in [-0.15, -0.1) is 10.2 Å². The number of fused-ring (bicyclic) bond motifs is 1. The van der Waals surface area contributed by atoms with Crippen LogP contribution in [-0.4, -0.2) is 39.6 Å². The quantitative estimate of drug-likeness (QED) is 0.349. The van der Waals surface area contributed by atoms with Crippen molar-refractivity contribution >= 4 is 23.4 Å². The van der Waals surface area contributed by atoms with Crippen molar-refractivity contribution in [3.8, 4) is 17.1 Å². The molecule has 1 atom stereocenters. The van der Waals surface area contributed by atoms with Crippen molar-refractivity contribution in [1.82, 2.24) is 14.8 Å². The molecule has 34 heavy (non-hydrogen) atoms. The second-order valence-electron chi connectivity index (χ2n) is 8.18. The van der Waals surface area contributed by atoms with E-state index in [1.165, 1.54) is 17.3 Å². The van der Waals surface area contributed by atoms with Gasteiger partial charge in [0.1, 0.15) is 11.5 Å². The van der Waals surface area contributed by atoms with Crippen LogP contribution in [0.5, 0.6) is 5.75 Å². The fourth-order valence-electron chi connectivity index (χ4n) is 4.22. The van der Waals surface area contributed by atoms with E-state index in [4.69, 9.17) is 9.15 Å². The van der Waals surface area contributed by atoms with Crippen LogP contribution in [-0.2, 0) is 17.8 Å². The first-order valence-electron chi connectivity index (χ1n) is 11.3. The maximum atomic E-state index is 13.5. The molecule has 1 amide bonds. The Morgan fingerprint density at radius 3 is 2.71 bits per heavy atom. The summed E-state index contributed by atoms with van der Waals surface area (Å²) < 4.78 is 12.9. The molecule has 0 bridgehead atoms. The molecule has 174 valence electrons. The molecule has 5 rings (SSSR count). The Labute approximate surface area is 202 Å². The molecular weight excluding hydrogens is 448 g/mol. The molecule has 2 aromatic heterocycles. The van der Waals surface area contributed by atoms with Gasteiger partial charge >= 0.3 is 0 Å². The van der Waals surface area contributed by atoms with E-state index in [-0.39, 0.29) is 11.2 Å². The van der Waals surface area contributed by atoms with Crippen molar-refractivity contribution in [1.29, 1.82) is 0 Å². The lowest BCUT2D eigenvalue weighted by molar-refractivity contribution is -0.117. The first-order valence-corrected chi connectivity index (χ1v) is 12.2. The second-order valence-corrected chi connectivity index (χ2v) is 9.49. The highest BCUT2D eigenvalue weighted by Gasteiger charge is 2.28. The molecule has 0 fully saturated rings. The summed E-state index contributed by atoms with van der Waals surface area (Å²) in [4.78, 5) is 15.4. The number of benzene rings is 2. The fourth-order valence-corrected chi connectivity index (χ4v) is 5.13. The fraction of sp³-hybridized carbons (Fsp3) is 0.269. The summed E-state index contributed by atoms with van der Waals surface area (Å²) in [6, 6.07) is 19.6. The van der Waals surface area contributed by atoms with E-state index in [2.05, 4.69) is 16.3 Å². The van der Waals surface area contributed by atoms with Crippen molar-refractivity contribution < 1.29 is 13.9 Å². The molecule has 2 aromatic carbocycles. The van der Waals surface area contributed by atoms with E-state index in [9.17, 15) is 4.79 Å². The van der Waals surface area contributed by atoms with Crippen LogP contribution < -0.4 is 9.64 Å². The summed E-state index contributed by atoms with van der Waals surface area (Å²) in [6.07, 6.45) is 3.63. The summed E-state index contributed by atoms with van der Waals surface area (Å²) in [5, 5.41) is 9.28. The number of methoxy groups -OCH3 is 1. The molecule has 0 saturated carbocycles. The molecule has 0 aliphatic carbocycles. The Hall–Kier alpha value is -3.52. The number of hydrogen-bond donors (Lipinski definition) is 0. The van der Waals surface area contributed by atoms with Gasteiger partial charge in [-0.1, -0.05) is 30.0 Å². The molecule has 3 heterocycles. The third-order valence-electron chi connectivity index (χ3n) is 5.97. The van der Waals surface area contributed by atoms with Crippen LogP contribution in [0.15, 0.2) is 76.5 Å². The Morgan fingerprint density at radius 2 is 1.94 bits per heavy atom. The standard InChI is InChI=1S/C26H26N4O3S/c1-18(25(31)29-15-5-8-19-7-3-4-10-23(19)29)34-26-28-27-24(20-11-13-21(32-2)14-12-20)30(26)17-22-9-6-16-33-22/h3-4,6-7,9-14,16,18H,5,8,15,17H2,1-2H3. The van der Waals surface area contributed by atoms with Crippen LogP contribution in [0.3, 0.4) is 0 Å². The number of aromatic nitrogens is 3. The Bertz CT molecular complexity index is 1270. The summed E-state index contributed by atoms with van der Waals surface area (Å²) in [5.41, 5.74) is 3.15. The molecule has 0 spiro atoms. The van der Waals surface area contributed by atoms with Crippen molar-refractivity contribution in [2.75, 3.05) is 18.6 Å². The number of anilines is 1. The number of furan rings is 1. The molecule has 0 radical (unpaired) electrons. The van der Waals surface area contributed by atoms with Crippen LogP contribution in [0.4, 0.5) is 5.69 Å². The number of carbonyl (C=O) groups excluding carboxylic acids is 1. The van der Waals surface area contributed by atoms with E-state index in [0.717, 1.165) is 42.1 Å². The smallest absolute Gasteiger partial charge is 0.240 e. The van der Waals surface area contributed by atoms with Crippen LogP contribution in [0.25, 0.3) is 11.4 Å². The topological polar surface area (TPSA) is 73.4 Å². The summed E-state index contributed by atoms with van der Waals surface area (Å²) in [5.74, 6) is 2.36. The molecule has 1 unspecified atom stereocenters. The van der Waals surface area contributed by atoms with E-state index < -0.39 is 0 Å². The van der Waals surface area contributed by atoms with E-state index in [0.29, 0.717) is 17.5 Å². The third-order valence-corrected chi connectivity index (χ3v) is 7.03. The number of hydrogen-bond acceptors (Lipinski definition) is 6. The highest BCUT2D eigenvalue weighted by atomic mass is 32.2. The van der Waals surface area contributed by atoms with Gasteiger partial charge in [-0.05, 0) is 67.8 Å². The molecule has 1 aliphatic heterocycles. The predicted molar refractivity (Wildman–Crippen MR) is 132 cm³/mol. The zero-order valence-electron chi connectivity index (χ0n) is 19.2. The molecule has 4 aromatic rings. The Kier molecular flexibility index (Phi) is 6.40. The van der Waals surface area contributed by atoms with Crippen LogP contribution in [0.1, 0.15) is 24.7 Å². The minimum absolute atomic E-state index is 0.0793. The van der Waals surface area contributed by atoms with Gasteiger partial charge in [0.05, 0.1) is 25.2 Å². The van der Waals surface area contributed by atoms with E-state index in [1.807, 2.05) is 71.0 Å². The molecule has 7 nitrogen and oxygen atoms in total. The number of rotatable bonds is 7. The van der Waals surface area contributed by atoms with Gasteiger partial charge in [-0.25, -0.2) is 0 Å². The number of aryl methyl sites for hydroxylation is 1. The molecule has 1 aliphatic rings. The predicted octanol–water partition coefficient (Wildman–Crippen LogP) is 5.06. The number of nitrogens with zero attached hydrogens (tertiary/aromatic N) is 4. The number of amides is 1. The van der Waals surface area contributed by atoms with Gasteiger partial charge in [0, 0.05) is 17.8 Å². The average molecular weight is 475 g/mol. The van der Waals surface area contributed by atoms with Crippen LogP contribution >= 0.6 is 11.8 Å². The summed E-state index contributed by atoms with van der Waals surface area (Å²) in [7, 11) is 1.64. The number of thioether (sulfide) groups is 1. The van der Waals surface area contributed by atoms with Gasteiger partial charge < -0.3 is 14.1 Å². The summed E-state index contributed by atoms with van der Waals surface area (Å²) >= 11 is 1.42. The second kappa shape index (κ2) is 9.77. The molecular formula is C26H26N4O3S. The van der Waals surface area contributed by atoms with Gasteiger partial charge in [0.2, 0.25) is 5.91 Å². The first kappa shape index (κ1) is 22.3. The normalized spacial score (nSPS) is 14.0. The molecule has 0 saturated heterocycles. The SMILES string of the molecule is COc1ccc(-c2nnc(SC(C)C(=O)N3CCCc4ccccc43)n2Cc2ccco2)cc1. The lowest BCUT2D eigenvalue weighted by atomic mass is 10.0. The summed E-state index contributed by atoms with van der Waals surface area (Å²) in [6.45, 7) is 3.14. The van der Waals surface area contributed by atoms with Crippen molar-refractivity contribution in [3.63, 3.8) is 0 Å². The zero-order valence-corrected chi connectivity index (χ0v) is 20.0. The highest BCUT2D eigenvalue weighted by molar-refractivity contribution is 8.00. The zero-order chi connectivity index (χ0) is 23.5. The van der Waals surface area contributed by atoms with Crippen molar-refractivity contribution in [3.05, 3.63) is 78.3 Å². The Balaban J connectivity index is 1.43. The largest absolute Gasteiger partial charge is 0.497 e. The maximum Gasteiger partial charge on any atom is 0.240 e. The highest BCUT2D eigenvalue weighted by Crippen LogP contribution is 2.32. The van der Waals surface area contributed by atoms with E-state index in [1.54, 1.807) is 13.4 Å². The van der Waals surface area contributed by atoms with Gasteiger partial charge in [-0.3, -0.25) is 9.36 Å². The monoisotopic (exact) mass is 474 g/mol. The lowest BCUT2D eigenvalue weighted by Crippen LogP contribution is -2.40. The third kappa shape index (κ3) is 4.46. The Morgan fingerprint density at radius 1 is 1.12 bits per heavy atom. The minimum atomic E-state index is -0.325. The van der Waals surface area contributed by atoms with Crippen LogP contribution in [0.2, 0.25) is 0 Å². The number of ether oxygens (including phenoxy) is 1. The molecule has 8 heteroatoms. The van der Waals surface area contributed by atoms with Crippen molar-refractivity contribution in [2.45, 2.75) is 36.7 Å². The average Bonchev–Trinajstić information content (AvgIpc) is 3.54. The van der Waals surface area contributed by atoms with Crippen molar-refractivity contribution in [2.24, 2.45) is 0 Å². The van der Waals surface area contributed by atoms with Crippen LogP contribution in [0, 0.1) is 0 Å². The molecule has 0 N–H and O–H groups in total. The minimum Gasteiger partial charge on any atom is -0.497 e. The maximum absolute atomic E-state index is 13.5. The van der Waals surface area contributed by atoms with E-state index >= 15 is 0 Å². The van der Waals surface area contributed by atoms with Gasteiger partial charge in [0.25, 0.3) is 0 Å². The number of carbonyl (C=O) groups is 1. The van der Waals surface area contributed by atoms with Gasteiger partial charge in [-0.2, -0.15) is 0 Å². The first-order chi connectivity index (χ1) is 16.6. The van der Waals surface area contributed by atoms with Gasteiger partial charge in [0.15, 0.2) is 11.0 Å². The number of para-hydroxylation sites is 1. The lowest BCUT2D eigenvalue weighted by Gasteiger charge is -2.31.